The summed E-state index contributed by atoms with van der Waals surface area (Å²) in [6, 6.07) is 3.29. The van der Waals surface area contributed by atoms with Crippen molar-refractivity contribution in [3.8, 4) is 12.1 Å². The lowest BCUT2D eigenvalue weighted by molar-refractivity contribution is -0.632. The number of aliphatic imine (C=N–C) groups is 1. The fourth-order valence-corrected chi connectivity index (χ4v) is 4.14. The van der Waals surface area contributed by atoms with Crippen molar-refractivity contribution in [3.05, 3.63) is 44.6 Å². The van der Waals surface area contributed by atoms with E-state index in [1.54, 1.807) is 12.1 Å². The van der Waals surface area contributed by atoms with E-state index in [2.05, 4.69) is 34.7 Å². The number of nitrogens with zero attached hydrogens (tertiary/aromatic N) is 9. The van der Waals surface area contributed by atoms with Crippen LogP contribution in [-0.2, 0) is 9.53 Å². The van der Waals surface area contributed by atoms with Crippen molar-refractivity contribution < 1.29 is 19.0 Å². The minimum atomic E-state index is -0.657. The molecule has 0 atom stereocenters. The largest absolute Gasteiger partial charge is 0.711 e. The van der Waals surface area contributed by atoms with E-state index < -0.39 is 40.6 Å². The Hall–Kier alpha value is -4.64. The summed E-state index contributed by atoms with van der Waals surface area (Å²) in [5.74, 6) is -2.54. The first-order chi connectivity index (χ1) is 15.3. The predicted octanol–water partition coefficient (Wildman–Crippen LogP) is 1.65. The van der Waals surface area contributed by atoms with Crippen LogP contribution in [0.3, 0.4) is 0 Å². The lowest BCUT2D eigenvalue weighted by Gasteiger charge is -2.14. The Labute approximate surface area is 188 Å². The molecule has 32 heavy (non-hydrogen) atoms. The topological polar surface area (TPSA) is 187 Å². The standard InChI is InChI=1S/C16H8N10O4S2/c1-8(27)22-13-9(5-17)23-12(20-3)16(25(13)28)32-31-15-10(6-18)24-11(19-2)14(26(15)29)21-7-30-4/h7H,1,4H3,(H,22,27). The number of carbonyl (C=O) groups is 1. The van der Waals surface area contributed by atoms with E-state index in [4.69, 9.17) is 18.4 Å². The molecule has 0 unspecified atom stereocenters. The number of methoxy groups -OCH3 is 1. The molecule has 2 aromatic heterocycles. The summed E-state index contributed by atoms with van der Waals surface area (Å²) in [6.45, 7) is 15.5. The average molecular weight is 468 g/mol. The van der Waals surface area contributed by atoms with Crippen molar-refractivity contribution in [3.63, 3.8) is 0 Å². The van der Waals surface area contributed by atoms with E-state index in [1.165, 1.54) is 7.11 Å². The molecule has 0 aromatic carbocycles. The maximum Gasteiger partial charge on any atom is 0.365 e. The molecule has 2 heterocycles. The first kappa shape index (κ1) is 23.6. The highest BCUT2D eigenvalue weighted by molar-refractivity contribution is 8.76. The summed E-state index contributed by atoms with van der Waals surface area (Å²) < 4.78 is 4.91. The average Bonchev–Trinajstić information content (AvgIpc) is 2.78. The number of hydrogen-bond acceptors (Lipinski definition) is 11. The summed E-state index contributed by atoms with van der Waals surface area (Å²) in [4.78, 5) is 28.8. The molecular weight excluding hydrogens is 460 g/mol. The SMILES string of the molecule is [C-]#[N+]c1nc(C#N)c(SSc2c([N+]#[C-])nc(C#N)c(NC(C)=O)[n+]2[O-])[n+]([O-])c1N=COC. The molecular formula is C16H8N10O4S2. The number of hydrogen-bond donors (Lipinski definition) is 1. The van der Waals surface area contributed by atoms with Gasteiger partial charge in [0.25, 0.3) is 12.1 Å². The molecule has 158 valence electrons. The van der Waals surface area contributed by atoms with Crippen molar-refractivity contribution in [2.75, 3.05) is 12.4 Å². The smallest absolute Gasteiger partial charge is 0.365 e. The third-order valence-electron chi connectivity index (χ3n) is 3.22. The van der Waals surface area contributed by atoms with Gasteiger partial charge in [-0.1, -0.05) is 23.1 Å². The van der Waals surface area contributed by atoms with Crippen molar-refractivity contribution in [2.45, 2.75) is 17.0 Å². The summed E-state index contributed by atoms with van der Waals surface area (Å²) in [7, 11) is 2.39. The van der Waals surface area contributed by atoms with Crippen molar-refractivity contribution in [2.24, 2.45) is 4.99 Å². The van der Waals surface area contributed by atoms with Crippen LogP contribution in [0.5, 0.6) is 0 Å². The minimum Gasteiger partial charge on any atom is -0.711 e. The van der Waals surface area contributed by atoms with Crippen molar-refractivity contribution >= 4 is 57.2 Å². The van der Waals surface area contributed by atoms with Gasteiger partial charge in [-0.15, -0.1) is 0 Å². The van der Waals surface area contributed by atoms with Gasteiger partial charge < -0.3 is 24.8 Å². The number of rotatable bonds is 6. The van der Waals surface area contributed by atoms with E-state index in [0.29, 0.717) is 21.6 Å². The maximum atomic E-state index is 12.7. The summed E-state index contributed by atoms with van der Waals surface area (Å²) in [6.07, 6.45) is 0.890. The van der Waals surface area contributed by atoms with Crippen LogP contribution in [0.1, 0.15) is 18.3 Å². The number of anilines is 1. The van der Waals surface area contributed by atoms with Gasteiger partial charge in [0, 0.05) is 6.92 Å². The zero-order valence-corrected chi connectivity index (χ0v) is 17.7. The van der Waals surface area contributed by atoms with Crippen molar-refractivity contribution in [1.82, 2.24) is 9.97 Å². The van der Waals surface area contributed by atoms with Crippen LogP contribution in [0, 0.1) is 46.2 Å². The Balaban J connectivity index is 2.62. The zero-order valence-electron chi connectivity index (χ0n) is 16.1. The third-order valence-corrected chi connectivity index (χ3v) is 5.52. The summed E-state index contributed by atoms with van der Waals surface area (Å²) in [5, 5.41) is 45.4. The lowest BCUT2D eigenvalue weighted by Crippen LogP contribution is -2.36. The van der Waals surface area contributed by atoms with Crippen LogP contribution in [0.4, 0.5) is 23.3 Å². The molecule has 14 nitrogen and oxygen atoms in total. The molecule has 1 amide bonds. The van der Waals surface area contributed by atoms with E-state index in [1.807, 2.05) is 0 Å². The van der Waals surface area contributed by atoms with E-state index >= 15 is 0 Å². The molecule has 1 N–H and O–H groups in total. The quantitative estimate of drug-likeness (QED) is 0.163. The second-order valence-corrected chi connectivity index (χ2v) is 7.31. The van der Waals surface area contributed by atoms with Gasteiger partial charge in [0.05, 0.1) is 7.11 Å². The van der Waals surface area contributed by atoms with Gasteiger partial charge in [0.15, 0.2) is 12.1 Å². The van der Waals surface area contributed by atoms with Crippen LogP contribution in [0.25, 0.3) is 9.69 Å². The van der Waals surface area contributed by atoms with E-state index in [9.17, 15) is 20.5 Å². The van der Waals surface area contributed by atoms with Gasteiger partial charge >= 0.3 is 34.9 Å². The fourth-order valence-electron chi connectivity index (χ4n) is 1.99. The van der Waals surface area contributed by atoms with Gasteiger partial charge in [-0.2, -0.15) is 10.5 Å². The first-order valence-electron chi connectivity index (χ1n) is 7.90. The van der Waals surface area contributed by atoms with Crippen LogP contribution >= 0.6 is 21.6 Å². The number of ether oxygens (including phenoxy) is 1. The highest BCUT2D eigenvalue weighted by atomic mass is 33.1. The number of amides is 1. The first-order valence-corrected chi connectivity index (χ1v) is 10.1. The normalized spacial score (nSPS) is 9.94. The second kappa shape index (κ2) is 10.4. The number of aromatic nitrogens is 4. The third kappa shape index (κ3) is 4.74. The number of carbonyl (C=O) groups excluding carboxylic acids is 1. The molecule has 2 aromatic rings. The van der Waals surface area contributed by atoms with Crippen LogP contribution in [0.2, 0.25) is 0 Å². The molecule has 0 bridgehead atoms. The molecule has 0 aliphatic rings. The van der Waals surface area contributed by atoms with Crippen molar-refractivity contribution in [1.29, 1.82) is 10.5 Å². The zero-order chi connectivity index (χ0) is 23.8. The molecule has 0 aliphatic heterocycles. The Kier molecular flexibility index (Phi) is 7.69. The second-order valence-electron chi connectivity index (χ2n) is 5.20. The highest BCUT2D eigenvalue weighted by Crippen LogP contribution is 2.41. The van der Waals surface area contributed by atoms with E-state index in [0.717, 1.165) is 13.3 Å². The van der Waals surface area contributed by atoms with Gasteiger partial charge in [-0.3, -0.25) is 0 Å². The van der Waals surface area contributed by atoms with Crippen LogP contribution in [-0.4, -0.2) is 29.4 Å². The van der Waals surface area contributed by atoms with Gasteiger partial charge in [-0.05, 0) is 26.6 Å². The Morgan fingerprint density at radius 2 is 1.75 bits per heavy atom. The monoisotopic (exact) mass is 468 g/mol. The molecule has 2 rings (SSSR count). The molecule has 0 aliphatic carbocycles. The summed E-state index contributed by atoms with van der Waals surface area (Å²) in [5.41, 5.74) is -0.906. The Morgan fingerprint density at radius 3 is 2.28 bits per heavy atom. The molecule has 0 radical (unpaired) electrons. The number of nitriles is 2. The fraction of sp³-hybridized carbons (Fsp3) is 0.125. The van der Waals surface area contributed by atoms with Gasteiger partial charge in [-0.25, -0.2) is 19.6 Å². The summed E-state index contributed by atoms with van der Waals surface area (Å²) >= 11 is 0. The minimum absolute atomic E-state index is 0.115. The molecule has 0 saturated carbocycles. The van der Waals surface area contributed by atoms with Gasteiger partial charge in [0.1, 0.15) is 0 Å². The molecule has 0 fully saturated rings. The molecule has 16 heteroatoms. The molecule has 0 saturated heterocycles. The van der Waals surface area contributed by atoms with E-state index in [-0.39, 0.29) is 19.5 Å². The Morgan fingerprint density at radius 1 is 1.16 bits per heavy atom. The van der Waals surface area contributed by atoms with Crippen LogP contribution < -0.4 is 14.8 Å². The number of nitrogens with one attached hydrogen (secondary N) is 1. The lowest BCUT2D eigenvalue weighted by atomic mass is 10.4. The maximum absolute atomic E-state index is 12.7. The molecule has 0 spiro atoms. The van der Waals surface area contributed by atoms with Crippen LogP contribution in [0.15, 0.2) is 15.0 Å². The van der Waals surface area contributed by atoms with Gasteiger partial charge in [0.2, 0.25) is 10.1 Å². The Bertz CT molecular complexity index is 1300. The highest BCUT2D eigenvalue weighted by Gasteiger charge is 2.30. The predicted molar refractivity (Wildman–Crippen MR) is 110 cm³/mol.